The first kappa shape index (κ1) is 23.2. The molecule has 1 amide bonds. The van der Waals surface area contributed by atoms with Gasteiger partial charge in [0, 0.05) is 50.0 Å². The van der Waals surface area contributed by atoms with Gasteiger partial charge in [0.1, 0.15) is 0 Å². The molecule has 7 nitrogen and oxygen atoms in total. The minimum absolute atomic E-state index is 0.0598. The molecular formula is C27H37N5O2. The van der Waals surface area contributed by atoms with E-state index in [9.17, 15) is 4.79 Å². The number of nitrogens with one attached hydrogen (secondary N) is 1. The highest BCUT2D eigenvalue weighted by Crippen LogP contribution is 2.35. The Bertz CT molecular complexity index is 981. The van der Waals surface area contributed by atoms with Gasteiger partial charge < -0.3 is 19.9 Å². The second kappa shape index (κ2) is 10.0. The first-order chi connectivity index (χ1) is 16.5. The number of amides is 1. The maximum absolute atomic E-state index is 13.2. The van der Waals surface area contributed by atoms with Gasteiger partial charge in [0.25, 0.3) is 0 Å². The zero-order chi connectivity index (χ0) is 23.5. The molecule has 5 heterocycles. The highest BCUT2D eigenvalue weighted by Gasteiger charge is 2.42. The smallest absolute Gasteiger partial charge is 0.225 e. The molecule has 1 aromatic carbocycles. The predicted octanol–water partition coefficient (Wildman–Crippen LogP) is 3.50. The normalized spacial score (nSPS) is 27.4. The Morgan fingerprint density at radius 2 is 1.79 bits per heavy atom. The minimum atomic E-state index is -0.0598. The fourth-order valence-corrected chi connectivity index (χ4v) is 5.88. The summed E-state index contributed by atoms with van der Waals surface area (Å²) in [7, 11) is 1.71. The summed E-state index contributed by atoms with van der Waals surface area (Å²) >= 11 is 0. The number of carbonyl (C=O) groups excluding carboxylic acids is 1. The molecule has 182 valence electrons. The number of anilines is 1. The number of hydrogen-bond donors (Lipinski definition) is 1. The number of piperidine rings is 2. The van der Waals surface area contributed by atoms with E-state index in [2.05, 4.69) is 51.3 Å². The van der Waals surface area contributed by atoms with Crippen molar-refractivity contribution < 1.29 is 9.53 Å². The lowest BCUT2D eigenvalue weighted by atomic mass is 9.78. The van der Waals surface area contributed by atoms with Crippen molar-refractivity contribution in [1.29, 1.82) is 0 Å². The summed E-state index contributed by atoms with van der Waals surface area (Å²) < 4.78 is 5.20. The van der Waals surface area contributed by atoms with Crippen LogP contribution in [0.2, 0.25) is 0 Å². The van der Waals surface area contributed by atoms with Gasteiger partial charge in [0.2, 0.25) is 11.9 Å². The minimum Gasteiger partial charge on any atom is -0.380 e. The zero-order valence-electron chi connectivity index (χ0n) is 20.5. The summed E-state index contributed by atoms with van der Waals surface area (Å²) in [5.74, 6) is 1.67. The van der Waals surface area contributed by atoms with Crippen LogP contribution in [-0.4, -0.2) is 66.1 Å². The Morgan fingerprint density at radius 1 is 1.06 bits per heavy atom. The van der Waals surface area contributed by atoms with E-state index in [1.165, 1.54) is 25.9 Å². The van der Waals surface area contributed by atoms with Gasteiger partial charge in [-0.15, -0.1) is 0 Å². The number of carbonyl (C=O) groups is 1. The summed E-state index contributed by atoms with van der Waals surface area (Å²) in [6.45, 7) is 7.98. The summed E-state index contributed by atoms with van der Waals surface area (Å²) in [4.78, 5) is 27.4. The second-order valence-corrected chi connectivity index (χ2v) is 10.4. The highest BCUT2D eigenvalue weighted by molar-refractivity contribution is 5.79. The van der Waals surface area contributed by atoms with Crippen molar-refractivity contribution in [2.75, 3.05) is 44.7 Å². The van der Waals surface area contributed by atoms with Gasteiger partial charge in [-0.1, -0.05) is 24.3 Å². The molecule has 4 fully saturated rings. The molecule has 7 heteroatoms. The van der Waals surface area contributed by atoms with E-state index in [-0.39, 0.29) is 17.4 Å². The molecule has 0 radical (unpaired) electrons. The van der Waals surface area contributed by atoms with Crippen LogP contribution in [0, 0.1) is 11.8 Å². The SMILES string of the molecule is COCc1ccc(-c2ccnc(N3CCC(C(=O)NC4(C)CCN5CCC4CC5)CC3)n2)cc1. The molecule has 34 heavy (non-hydrogen) atoms. The fourth-order valence-electron chi connectivity index (χ4n) is 5.88. The van der Waals surface area contributed by atoms with Crippen LogP contribution in [0.15, 0.2) is 36.5 Å². The van der Waals surface area contributed by atoms with E-state index in [1.54, 1.807) is 7.11 Å². The topological polar surface area (TPSA) is 70.6 Å². The summed E-state index contributed by atoms with van der Waals surface area (Å²) in [6.07, 6.45) is 7.00. The molecule has 1 aromatic heterocycles. The van der Waals surface area contributed by atoms with Crippen LogP contribution in [0.25, 0.3) is 11.3 Å². The van der Waals surface area contributed by atoms with Crippen molar-refractivity contribution in [1.82, 2.24) is 20.2 Å². The lowest BCUT2D eigenvalue weighted by Gasteiger charge is -2.39. The molecule has 1 unspecified atom stereocenters. The van der Waals surface area contributed by atoms with Crippen molar-refractivity contribution in [3.8, 4) is 11.3 Å². The third kappa shape index (κ3) is 4.96. The van der Waals surface area contributed by atoms with Crippen LogP contribution in [-0.2, 0) is 16.1 Å². The zero-order valence-corrected chi connectivity index (χ0v) is 20.5. The molecule has 0 spiro atoms. The van der Waals surface area contributed by atoms with Crippen LogP contribution >= 0.6 is 0 Å². The number of fused-ring (bicyclic) bond motifs is 4. The Labute approximate surface area is 202 Å². The molecule has 6 rings (SSSR count). The number of aromatic nitrogens is 2. The predicted molar refractivity (Wildman–Crippen MR) is 133 cm³/mol. The molecule has 0 aliphatic carbocycles. The van der Waals surface area contributed by atoms with Gasteiger partial charge >= 0.3 is 0 Å². The van der Waals surface area contributed by atoms with Gasteiger partial charge in [-0.05, 0) is 69.7 Å². The number of ether oxygens (including phenoxy) is 1. The van der Waals surface area contributed by atoms with Crippen molar-refractivity contribution in [2.45, 2.75) is 51.2 Å². The van der Waals surface area contributed by atoms with Crippen molar-refractivity contribution >= 4 is 11.9 Å². The largest absolute Gasteiger partial charge is 0.380 e. The highest BCUT2D eigenvalue weighted by atomic mass is 16.5. The van der Waals surface area contributed by atoms with E-state index in [4.69, 9.17) is 9.72 Å². The van der Waals surface area contributed by atoms with Crippen molar-refractivity contribution in [3.05, 3.63) is 42.1 Å². The van der Waals surface area contributed by atoms with Gasteiger partial charge in [-0.3, -0.25) is 4.79 Å². The van der Waals surface area contributed by atoms with Crippen LogP contribution < -0.4 is 10.2 Å². The van der Waals surface area contributed by atoms with E-state index in [0.29, 0.717) is 12.5 Å². The Balaban J connectivity index is 1.19. The lowest BCUT2D eigenvalue weighted by molar-refractivity contribution is -0.128. The molecule has 1 N–H and O–H groups in total. The molecule has 2 bridgehead atoms. The van der Waals surface area contributed by atoms with E-state index >= 15 is 0 Å². The number of hydrogen-bond acceptors (Lipinski definition) is 6. The monoisotopic (exact) mass is 463 g/mol. The van der Waals surface area contributed by atoms with Crippen LogP contribution in [0.3, 0.4) is 0 Å². The molecule has 4 aliphatic heterocycles. The second-order valence-electron chi connectivity index (χ2n) is 10.4. The summed E-state index contributed by atoms with van der Waals surface area (Å²) in [5, 5.41) is 3.51. The number of rotatable bonds is 6. The maximum atomic E-state index is 13.2. The van der Waals surface area contributed by atoms with Gasteiger partial charge in [0.05, 0.1) is 12.3 Å². The fraction of sp³-hybridized carbons (Fsp3) is 0.593. The molecule has 4 saturated heterocycles. The van der Waals surface area contributed by atoms with E-state index < -0.39 is 0 Å². The van der Waals surface area contributed by atoms with E-state index in [1.807, 2.05) is 12.3 Å². The third-order valence-corrected chi connectivity index (χ3v) is 8.20. The average Bonchev–Trinajstić information content (AvgIpc) is 3.13. The Kier molecular flexibility index (Phi) is 6.84. The summed E-state index contributed by atoms with van der Waals surface area (Å²) in [5.41, 5.74) is 3.07. The van der Waals surface area contributed by atoms with E-state index in [0.717, 1.165) is 61.7 Å². The van der Waals surface area contributed by atoms with Gasteiger partial charge in [0.15, 0.2) is 0 Å². The number of nitrogens with zero attached hydrogens (tertiary/aromatic N) is 4. The number of benzene rings is 1. The third-order valence-electron chi connectivity index (χ3n) is 8.20. The molecule has 2 aromatic rings. The van der Waals surface area contributed by atoms with Crippen LogP contribution in [0.5, 0.6) is 0 Å². The Hall–Kier alpha value is -2.51. The van der Waals surface area contributed by atoms with Crippen molar-refractivity contribution in [3.63, 3.8) is 0 Å². The first-order valence-corrected chi connectivity index (χ1v) is 12.7. The summed E-state index contributed by atoms with van der Waals surface area (Å²) in [6, 6.07) is 10.3. The maximum Gasteiger partial charge on any atom is 0.225 e. The van der Waals surface area contributed by atoms with Gasteiger partial charge in [-0.25, -0.2) is 9.97 Å². The molecule has 0 saturated carbocycles. The van der Waals surface area contributed by atoms with Crippen molar-refractivity contribution in [2.24, 2.45) is 11.8 Å². The molecule has 1 atom stereocenters. The quantitative estimate of drug-likeness (QED) is 0.707. The first-order valence-electron chi connectivity index (χ1n) is 12.7. The average molecular weight is 464 g/mol. The van der Waals surface area contributed by atoms with Crippen LogP contribution in [0.4, 0.5) is 5.95 Å². The molecule has 4 aliphatic rings. The van der Waals surface area contributed by atoms with Gasteiger partial charge in [-0.2, -0.15) is 0 Å². The standard InChI is InChI=1S/C27H37N5O2/c1-27(12-18-31-14-10-23(27)11-15-31)30-25(33)22-8-16-32(17-9-22)26-28-13-7-24(29-26)21-5-3-20(4-6-21)19-34-2/h3-7,13,22-23H,8-12,14-19H2,1-2H3,(H,30,33). The Morgan fingerprint density at radius 3 is 2.50 bits per heavy atom. The molecular weight excluding hydrogens is 426 g/mol. The lowest BCUT2D eigenvalue weighted by Crippen LogP contribution is -2.54. The number of methoxy groups -OCH3 is 1. The van der Waals surface area contributed by atoms with Crippen LogP contribution in [0.1, 0.15) is 44.6 Å².